The number of anilines is 1. The second-order valence-electron chi connectivity index (χ2n) is 6.57. The van der Waals surface area contributed by atoms with Crippen LogP contribution in [0.4, 0.5) is 5.69 Å². The van der Waals surface area contributed by atoms with Crippen molar-refractivity contribution in [3.63, 3.8) is 0 Å². The van der Waals surface area contributed by atoms with Crippen molar-refractivity contribution >= 4 is 23.6 Å². The van der Waals surface area contributed by atoms with Crippen LogP contribution in [-0.2, 0) is 4.79 Å². The maximum Gasteiger partial charge on any atom is 0.272 e. The van der Waals surface area contributed by atoms with Crippen LogP contribution in [0.2, 0.25) is 0 Å². The molecule has 1 aromatic heterocycles. The molecule has 6 nitrogen and oxygen atoms in total. The molecule has 0 atom stereocenters. The number of ether oxygens (including phenoxy) is 1. The fourth-order valence-corrected chi connectivity index (χ4v) is 2.63. The predicted octanol–water partition coefficient (Wildman–Crippen LogP) is 4.87. The number of para-hydroxylation sites is 1. The number of rotatable bonds is 9. The largest absolute Gasteiger partial charge is 0.494 e. The van der Waals surface area contributed by atoms with Gasteiger partial charge in [-0.1, -0.05) is 31.5 Å². The molecule has 2 aromatic carbocycles. The molecule has 1 heterocycles. The van der Waals surface area contributed by atoms with Crippen LogP contribution in [0.1, 0.15) is 35.9 Å². The van der Waals surface area contributed by atoms with E-state index in [9.17, 15) is 9.59 Å². The van der Waals surface area contributed by atoms with Crippen molar-refractivity contribution in [2.45, 2.75) is 19.8 Å². The Morgan fingerprint density at radius 2 is 1.77 bits per heavy atom. The molecule has 0 fully saturated rings. The molecule has 0 bridgehead atoms. The minimum Gasteiger partial charge on any atom is -0.494 e. The van der Waals surface area contributed by atoms with E-state index in [4.69, 9.17) is 9.15 Å². The summed E-state index contributed by atoms with van der Waals surface area (Å²) < 4.78 is 10.9. The molecule has 2 amide bonds. The fraction of sp³-hybridized carbons (Fsp3) is 0.167. The second-order valence-corrected chi connectivity index (χ2v) is 6.57. The third-order valence-electron chi connectivity index (χ3n) is 4.24. The molecule has 30 heavy (non-hydrogen) atoms. The molecule has 0 aliphatic rings. The predicted molar refractivity (Wildman–Crippen MR) is 116 cm³/mol. The van der Waals surface area contributed by atoms with Crippen LogP contribution in [0.5, 0.6) is 5.75 Å². The molecule has 0 saturated heterocycles. The van der Waals surface area contributed by atoms with E-state index in [1.807, 2.05) is 18.2 Å². The first-order valence-corrected chi connectivity index (χ1v) is 9.81. The van der Waals surface area contributed by atoms with Gasteiger partial charge in [0, 0.05) is 17.3 Å². The van der Waals surface area contributed by atoms with Crippen molar-refractivity contribution in [3.8, 4) is 5.75 Å². The van der Waals surface area contributed by atoms with Crippen LogP contribution in [0, 0.1) is 0 Å². The van der Waals surface area contributed by atoms with E-state index in [0.717, 1.165) is 12.8 Å². The molecule has 154 valence electrons. The highest BCUT2D eigenvalue weighted by molar-refractivity contribution is 6.10. The van der Waals surface area contributed by atoms with Gasteiger partial charge < -0.3 is 19.8 Å². The summed E-state index contributed by atoms with van der Waals surface area (Å²) in [4.78, 5) is 25.5. The van der Waals surface area contributed by atoms with Gasteiger partial charge >= 0.3 is 0 Å². The summed E-state index contributed by atoms with van der Waals surface area (Å²) in [7, 11) is 0. The average Bonchev–Trinajstić information content (AvgIpc) is 3.28. The molecule has 0 saturated carbocycles. The molecule has 0 aliphatic heterocycles. The molecule has 2 N–H and O–H groups in total. The van der Waals surface area contributed by atoms with Gasteiger partial charge in [0.1, 0.15) is 17.2 Å². The van der Waals surface area contributed by atoms with Gasteiger partial charge in [0.25, 0.3) is 11.8 Å². The monoisotopic (exact) mass is 404 g/mol. The molecular weight excluding hydrogens is 380 g/mol. The van der Waals surface area contributed by atoms with Gasteiger partial charge in [0.05, 0.1) is 12.9 Å². The highest BCUT2D eigenvalue weighted by Gasteiger charge is 2.16. The maximum absolute atomic E-state index is 12.8. The number of hydrogen-bond donors (Lipinski definition) is 2. The van der Waals surface area contributed by atoms with Crippen molar-refractivity contribution in [3.05, 3.63) is 90.0 Å². The Labute approximate surface area is 175 Å². The lowest BCUT2D eigenvalue weighted by Gasteiger charge is -2.11. The Bertz CT molecular complexity index is 978. The molecule has 3 rings (SSSR count). The van der Waals surface area contributed by atoms with E-state index in [2.05, 4.69) is 17.6 Å². The number of benzene rings is 2. The van der Waals surface area contributed by atoms with Crippen LogP contribution < -0.4 is 15.4 Å². The summed E-state index contributed by atoms with van der Waals surface area (Å²) in [6.07, 6.45) is 5.01. The summed E-state index contributed by atoms with van der Waals surface area (Å²) in [6, 6.07) is 19.2. The number of carbonyl (C=O) groups excluding carboxylic acids is 2. The van der Waals surface area contributed by atoms with Crippen molar-refractivity contribution in [1.29, 1.82) is 0 Å². The molecule has 0 spiro atoms. The van der Waals surface area contributed by atoms with Crippen LogP contribution in [0.25, 0.3) is 6.08 Å². The number of furan rings is 1. The number of hydrogen-bond acceptors (Lipinski definition) is 4. The number of nitrogens with one attached hydrogen (secondary N) is 2. The van der Waals surface area contributed by atoms with E-state index in [1.165, 1.54) is 12.3 Å². The van der Waals surface area contributed by atoms with Crippen LogP contribution in [0.15, 0.2) is 83.1 Å². The molecule has 0 unspecified atom stereocenters. The number of unbranched alkanes of at least 4 members (excludes halogenated alkanes) is 1. The number of amides is 2. The molecular formula is C24H24N2O4. The van der Waals surface area contributed by atoms with Crippen LogP contribution in [-0.4, -0.2) is 18.4 Å². The van der Waals surface area contributed by atoms with E-state index in [0.29, 0.717) is 29.4 Å². The van der Waals surface area contributed by atoms with Crippen molar-refractivity contribution in [2.75, 3.05) is 11.9 Å². The second kappa shape index (κ2) is 10.7. The van der Waals surface area contributed by atoms with E-state index in [1.54, 1.807) is 48.5 Å². The lowest BCUT2D eigenvalue weighted by atomic mass is 10.2. The minimum absolute atomic E-state index is 0.0714. The van der Waals surface area contributed by atoms with Gasteiger partial charge in [-0.05, 0) is 55.0 Å². The van der Waals surface area contributed by atoms with Gasteiger partial charge in [-0.2, -0.15) is 0 Å². The van der Waals surface area contributed by atoms with E-state index >= 15 is 0 Å². The van der Waals surface area contributed by atoms with Gasteiger partial charge in [-0.3, -0.25) is 9.59 Å². The smallest absolute Gasteiger partial charge is 0.272 e. The third-order valence-corrected chi connectivity index (χ3v) is 4.24. The zero-order chi connectivity index (χ0) is 21.2. The molecule has 0 radical (unpaired) electrons. The van der Waals surface area contributed by atoms with Gasteiger partial charge in [0.15, 0.2) is 0 Å². The standard InChI is InChI=1S/C24H24N2O4/c1-2-3-15-29-20-13-11-18(12-14-20)23(27)26-22(17-21-10-7-16-30-21)24(28)25-19-8-5-4-6-9-19/h4-14,16-17H,2-3,15H2,1H3,(H,25,28)(H,26,27). The van der Waals surface area contributed by atoms with Crippen molar-refractivity contribution in [1.82, 2.24) is 5.32 Å². The van der Waals surface area contributed by atoms with Gasteiger partial charge in [-0.25, -0.2) is 0 Å². The Hall–Kier alpha value is -3.80. The zero-order valence-electron chi connectivity index (χ0n) is 16.8. The highest BCUT2D eigenvalue weighted by atomic mass is 16.5. The fourth-order valence-electron chi connectivity index (χ4n) is 2.63. The van der Waals surface area contributed by atoms with Crippen LogP contribution >= 0.6 is 0 Å². The average molecular weight is 404 g/mol. The third kappa shape index (κ3) is 6.10. The summed E-state index contributed by atoms with van der Waals surface area (Å²) in [6.45, 7) is 2.73. The quantitative estimate of drug-likeness (QED) is 0.394. The minimum atomic E-state index is -0.453. The van der Waals surface area contributed by atoms with Crippen molar-refractivity contribution < 1.29 is 18.7 Å². The zero-order valence-corrected chi connectivity index (χ0v) is 16.8. The molecule has 3 aromatic rings. The van der Waals surface area contributed by atoms with E-state index in [-0.39, 0.29) is 5.70 Å². The lowest BCUT2D eigenvalue weighted by Crippen LogP contribution is -2.30. The molecule has 6 heteroatoms. The SMILES string of the molecule is CCCCOc1ccc(C(=O)NC(=Cc2ccco2)C(=O)Nc2ccccc2)cc1. The summed E-state index contributed by atoms with van der Waals surface area (Å²) in [5, 5.41) is 5.44. The summed E-state index contributed by atoms with van der Waals surface area (Å²) >= 11 is 0. The normalized spacial score (nSPS) is 11.0. The number of carbonyl (C=O) groups is 2. The lowest BCUT2D eigenvalue weighted by molar-refractivity contribution is -0.113. The summed E-state index contributed by atoms with van der Waals surface area (Å²) in [5.74, 6) is 0.294. The first kappa shape index (κ1) is 20.9. The van der Waals surface area contributed by atoms with Gasteiger partial charge in [0.2, 0.25) is 0 Å². The first-order chi connectivity index (χ1) is 14.7. The highest BCUT2D eigenvalue weighted by Crippen LogP contribution is 2.15. The maximum atomic E-state index is 12.8. The van der Waals surface area contributed by atoms with E-state index < -0.39 is 11.8 Å². The van der Waals surface area contributed by atoms with Crippen LogP contribution in [0.3, 0.4) is 0 Å². The van der Waals surface area contributed by atoms with Crippen molar-refractivity contribution in [2.24, 2.45) is 0 Å². The Kier molecular flexibility index (Phi) is 7.44. The Morgan fingerprint density at radius 3 is 2.43 bits per heavy atom. The van der Waals surface area contributed by atoms with Gasteiger partial charge in [-0.15, -0.1) is 0 Å². The first-order valence-electron chi connectivity index (χ1n) is 9.81. The molecule has 0 aliphatic carbocycles. The Balaban J connectivity index is 1.72. The Morgan fingerprint density at radius 1 is 1.00 bits per heavy atom. The topological polar surface area (TPSA) is 80.6 Å². The summed E-state index contributed by atoms with van der Waals surface area (Å²) in [5.41, 5.74) is 1.11.